The molecule has 0 bridgehead atoms. The standard InChI is InChI=1S/C21H21N3O2/c1-14-6-7-16(21(25)26-3)10-20(14)24-15(2)18-9-19(13-23-12-18)17-5-4-8-22-11-17/h4-13,15,24H,1-3H3/t15-/m0/s1. The summed E-state index contributed by atoms with van der Waals surface area (Å²) in [7, 11) is 1.38. The predicted molar refractivity (Wildman–Crippen MR) is 102 cm³/mol. The highest BCUT2D eigenvalue weighted by molar-refractivity contribution is 5.90. The third-order valence-electron chi connectivity index (χ3n) is 4.28. The second-order valence-electron chi connectivity index (χ2n) is 6.14. The van der Waals surface area contributed by atoms with Crippen LogP contribution in [-0.2, 0) is 4.74 Å². The molecule has 5 heteroatoms. The Morgan fingerprint density at radius 3 is 2.62 bits per heavy atom. The number of esters is 1. The van der Waals surface area contributed by atoms with Gasteiger partial charge in [-0.1, -0.05) is 12.1 Å². The minimum atomic E-state index is -0.346. The highest BCUT2D eigenvalue weighted by Gasteiger charge is 2.12. The number of benzene rings is 1. The Morgan fingerprint density at radius 1 is 1.08 bits per heavy atom. The lowest BCUT2D eigenvalue weighted by Gasteiger charge is -2.18. The van der Waals surface area contributed by atoms with Gasteiger partial charge in [-0.15, -0.1) is 0 Å². The molecule has 5 nitrogen and oxygen atoms in total. The molecule has 0 saturated heterocycles. The first-order chi connectivity index (χ1) is 12.6. The van der Waals surface area contributed by atoms with Crippen molar-refractivity contribution < 1.29 is 9.53 Å². The Balaban J connectivity index is 1.85. The summed E-state index contributed by atoms with van der Waals surface area (Å²) in [6.07, 6.45) is 7.25. The fourth-order valence-electron chi connectivity index (χ4n) is 2.72. The van der Waals surface area contributed by atoms with Crippen molar-refractivity contribution in [1.29, 1.82) is 0 Å². The maximum Gasteiger partial charge on any atom is 0.337 e. The van der Waals surface area contributed by atoms with Gasteiger partial charge in [0, 0.05) is 41.6 Å². The number of methoxy groups -OCH3 is 1. The van der Waals surface area contributed by atoms with Gasteiger partial charge in [0.15, 0.2) is 0 Å². The van der Waals surface area contributed by atoms with Crippen LogP contribution in [0.1, 0.15) is 34.5 Å². The fraction of sp³-hybridized carbons (Fsp3) is 0.190. The van der Waals surface area contributed by atoms with Gasteiger partial charge in [0.25, 0.3) is 0 Å². The van der Waals surface area contributed by atoms with Gasteiger partial charge < -0.3 is 10.1 Å². The van der Waals surface area contributed by atoms with Gasteiger partial charge in [0.2, 0.25) is 0 Å². The number of anilines is 1. The number of nitrogens with zero attached hydrogens (tertiary/aromatic N) is 2. The minimum absolute atomic E-state index is 0.0192. The molecule has 0 aliphatic rings. The molecule has 1 aromatic carbocycles. The lowest BCUT2D eigenvalue weighted by molar-refractivity contribution is 0.0601. The summed E-state index contributed by atoms with van der Waals surface area (Å²) in [5, 5.41) is 3.46. The van der Waals surface area contributed by atoms with Crippen molar-refractivity contribution in [3.8, 4) is 11.1 Å². The van der Waals surface area contributed by atoms with Gasteiger partial charge >= 0.3 is 5.97 Å². The Labute approximate surface area is 153 Å². The number of aryl methyl sites for hydroxylation is 1. The Hall–Kier alpha value is -3.21. The molecule has 3 rings (SSSR count). The van der Waals surface area contributed by atoms with E-state index in [0.717, 1.165) is 27.9 Å². The number of pyridine rings is 2. The summed E-state index contributed by atoms with van der Waals surface area (Å²) in [5.74, 6) is -0.346. The molecular formula is C21H21N3O2. The summed E-state index contributed by atoms with van der Waals surface area (Å²) in [4.78, 5) is 20.3. The molecule has 0 aliphatic heterocycles. The van der Waals surface area contributed by atoms with Crippen molar-refractivity contribution in [3.63, 3.8) is 0 Å². The van der Waals surface area contributed by atoms with Crippen LogP contribution < -0.4 is 5.32 Å². The van der Waals surface area contributed by atoms with E-state index >= 15 is 0 Å². The van der Waals surface area contributed by atoms with Crippen LogP contribution in [0.3, 0.4) is 0 Å². The number of carbonyl (C=O) groups is 1. The number of nitrogens with one attached hydrogen (secondary N) is 1. The second-order valence-corrected chi connectivity index (χ2v) is 6.14. The van der Waals surface area contributed by atoms with Gasteiger partial charge in [0.1, 0.15) is 0 Å². The lowest BCUT2D eigenvalue weighted by atomic mass is 10.0. The zero-order chi connectivity index (χ0) is 18.5. The number of aromatic nitrogens is 2. The van der Waals surface area contributed by atoms with Crippen molar-refractivity contribution in [3.05, 3.63) is 77.9 Å². The summed E-state index contributed by atoms with van der Waals surface area (Å²) in [5.41, 5.74) is 5.57. The molecule has 2 aromatic heterocycles. The first-order valence-electron chi connectivity index (χ1n) is 8.39. The number of hydrogen-bond acceptors (Lipinski definition) is 5. The molecule has 0 aliphatic carbocycles. The van der Waals surface area contributed by atoms with Crippen LogP contribution in [0.5, 0.6) is 0 Å². The average Bonchev–Trinajstić information content (AvgIpc) is 2.69. The van der Waals surface area contributed by atoms with E-state index in [0.29, 0.717) is 5.56 Å². The molecule has 0 fully saturated rings. The van der Waals surface area contributed by atoms with Crippen LogP contribution in [0, 0.1) is 6.92 Å². The van der Waals surface area contributed by atoms with Crippen molar-refractivity contribution in [2.75, 3.05) is 12.4 Å². The van der Waals surface area contributed by atoms with E-state index in [9.17, 15) is 4.79 Å². The van der Waals surface area contributed by atoms with Crippen LogP contribution in [0.25, 0.3) is 11.1 Å². The van der Waals surface area contributed by atoms with Gasteiger partial charge in [-0.3, -0.25) is 9.97 Å². The highest BCUT2D eigenvalue weighted by Crippen LogP contribution is 2.26. The maximum absolute atomic E-state index is 11.8. The van der Waals surface area contributed by atoms with Crippen molar-refractivity contribution in [1.82, 2.24) is 9.97 Å². The quantitative estimate of drug-likeness (QED) is 0.693. The van der Waals surface area contributed by atoms with Gasteiger partial charge in [-0.25, -0.2) is 4.79 Å². The monoisotopic (exact) mass is 347 g/mol. The molecule has 0 amide bonds. The van der Waals surface area contributed by atoms with Crippen LogP contribution in [0.2, 0.25) is 0 Å². The Bertz CT molecular complexity index is 910. The fourth-order valence-corrected chi connectivity index (χ4v) is 2.72. The number of rotatable bonds is 5. The minimum Gasteiger partial charge on any atom is -0.465 e. The normalized spacial score (nSPS) is 11.7. The van der Waals surface area contributed by atoms with E-state index in [-0.39, 0.29) is 12.0 Å². The molecule has 1 atom stereocenters. The molecule has 2 heterocycles. The first kappa shape index (κ1) is 17.6. The van der Waals surface area contributed by atoms with Crippen molar-refractivity contribution in [2.45, 2.75) is 19.9 Å². The van der Waals surface area contributed by atoms with Crippen LogP contribution >= 0.6 is 0 Å². The maximum atomic E-state index is 11.8. The van der Waals surface area contributed by atoms with Crippen molar-refractivity contribution >= 4 is 11.7 Å². The summed E-state index contributed by atoms with van der Waals surface area (Å²) in [6, 6.07) is 11.5. The molecule has 132 valence electrons. The van der Waals surface area contributed by atoms with Crippen molar-refractivity contribution in [2.24, 2.45) is 0 Å². The van der Waals surface area contributed by atoms with E-state index in [2.05, 4.69) is 28.3 Å². The third-order valence-corrected chi connectivity index (χ3v) is 4.28. The molecule has 0 spiro atoms. The topological polar surface area (TPSA) is 64.1 Å². The van der Waals surface area contributed by atoms with E-state index in [4.69, 9.17) is 4.74 Å². The van der Waals surface area contributed by atoms with E-state index in [1.165, 1.54) is 7.11 Å². The Kier molecular flexibility index (Phi) is 5.27. The molecule has 1 N–H and O–H groups in total. The van der Waals surface area contributed by atoms with Gasteiger partial charge in [0.05, 0.1) is 18.7 Å². The van der Waals surface area contributed by atoms with Crippen LogP contribution in [0.15, 0.2) is 61.2 Å². The average molecular weight is 347 g/mol. The highest BCUT2D eigenvalue weighted by atomic mass is 16.5. The summed E-state index contributed by atoms with van der Waals surface area (Å²) in [6.45, 7) is 4.06. The van der Waals surface area contributed by atoms with E-state index in [1.54, 1.807) is 12.3 Å². The zero-order valence-electron chi connectivity index (χ0n) is 15.1. The lowest BCUT2D eigenvalue weighted by Crippen LogP contribution is -2.10. The number of hydrogen-bond donors (Lipinski definition) is 1. The first-order valence-corrected chi connectivity index (χ1v) is 8.39. The summed E-state index contributed by atoms with van der Waals surface area (Å²) >= 11 is 0. The molecule has 0 radical (unpaired) electrons. The molecule has 0 saturated carbocycles. The Morgan fingerprint density at radius 2 is 1.88 bits per heavy atom. The van der Waals surface area contributed by atoms with Gasteiger partial charge in [-0.2, -0.15) is 0 Å². The SMILES string of the molecule is COC(=O)c1ccc(C)c(N[C@@H](C)c2cncc(-c3cccnc3)c2)c1. The zero-order valence-corrected chi connectivity index (χ0v) is 15.1. The van der Waals surface area contributed by atoms with E-state index in [1.807, 2.05) is 49.8 Å². The molecule has 26 heavy (non-hydrogen) atoms. The molecular weight excluding hydrogens is 326 g/mol. The smallest absolute Gasteiger partial charge is 0.337 e. The summed E-state index contributed by atoms with van der Waals surface area (Å²) < 4.78 is 4.80. The van der Waals surface area contributed by atoms with Crippen LogP contribution in [0.4, 0.5) is 5.69 Å². The van der Waals surface area contributed by atoms with E-state index < -0.39 is 0 Å². The molecule has 3 aromatic rings. The molecule has 0 unspecified atom stereocenters. The largest absolute Gasteiger partial charge is 0.465 e. The number of ether oxygens (including phenoxy) is 1. The third kappa shape index (κ3) is 3.88. The van der Waals surface area contributed by atoms with Crippen LogP contribution in [-0.4, -0.2) is 23.0 Å². The van der Waals surface area contributed by atoms with Gasteiger partial charge in [-0.05, 0) is 49.2 Å². The second kappa shape index (κ2) is 7.78. The predicted octanol–water partition coefficient (Wildman–Crippen LogP) is 4.41. The number of carbonyl (C=O) groups excluding carboxylic acids is 1.